The summed E-state index contributed by atoms with van der Waals surface area (Å²) in [5.41, 5.74) is -2.33. The first-order valence-electron chi connectivity index (χ1n) is 6.39. The maximum atomic E-state index is 12.2. The van der Waals surface area contributed by atoms with Crippen molar-refractivity contribution in [2.75, 3.05) is 28.4 Å². The summed E-state index contributed by atoms with van der Waals surface area (Å²) in [6, 6.07) is 0. The van der Waals surface area contributed by atoms with Crippen LogP contribution in [0.1, 0.15) is 12.8 Å². The summed E-state index contributed by atoms with van der Waals surface area (Å²) in [6.07, 6.45) is -0.927. The van der Waals surface area contributed by atoms with Crippen molar-refractivity contribution >= 4 is 23.9 Å². The van der Waals surface area contributed by atoms with E-state index in [2.05, 4.69) is 32.1 Å². The molecule has 0 aliphatic heterocycles. The normalized spacial score (nSPS) is 10.3. The van der Waals surface area contributed by atoms with Crippen LogP contribution in [0.25, 0.3) is 0 Å². The number of rotatable bonds is 8. The third kappa shape index (κ3) is 4.67. The van der Waals surface area contributed by atoms with Crippen molar-refractivity contribution in [3.63, 3.8) is 0 Å². The maximum Gasteiger partial charge on any atom is 0.333 e. The summed E-state index contributed by atoms with van der Waals surface area (Å²) in [4.78, 5) is 47.5. The number of esters is 4. The molecule has 0 fully saturated rings. The second-order valence-electron chi connectivity index (χ2n) is 4.61. The molecule has 0 aromatic carbocycles. The van der Waals surface area contributed by atoms with Crippen LogP contribution in [0, 0.1) is 5.41 Å². The third-order valence-corrected chi connectivity index (χ3v) is 3.13. The van der Waals surface area contributed by atoms with Gasteiger partial charge in [0.15, 0.2) is 5.41 Å². The van der Waals surface area contributed by atoms with Gasteiger partial charge in [-0.1, -0.05) is 13.2 Å². The van der Waals surface area contributed by atoms with Crippen molar-refractivity contribution in [1.29, 1.82) is 0 Å². The van der Waals surface area contributed by atoms with Crippen LogP contribution in [-0.2, 0) is 38.1 Å². The lowest BCUT2D eigenvalue weighted by molar-refractivity contribution is -0.169. The lowest BCUT2D eigenvalue weighted by Gasteiger charge is -2.28. The van der Waals surface area contributed by atoms with Gasteiger partial charge >= 0.3 is 23.9 Å². The minimum Gasteiger partial charge on any atom is -0.468 e. The van der Waals surface area contributed by atoms with Gasteiger partial charge in [-0.2, -0.15) is 0 Å². The molecule has 0 saturated carbocycles. The SMILES string of the molecule is C=C(CC(CC(=C)C(=O)OC)(C(=O)OC)C(=O)OC)C(=O)OC. The van der Waals surface area contributed by atoms with Crippen LogP contribution in [0.5, 0.6) is 0 Å². The van der Waals surface area contributed by atoms with Gasteiger partial charge < -0.3 is 18.9 Å². The molecule has 0 saturated heterocycles. The Labute approximate surface area is 134 Å². The van der Waals surface area contributed by atoms with Gasteiger partial charge in [0.1, 0.15) is 0 Å². The molecular formula is C15H20O8. The Balaban J connectivity index is 5.88. The molecule has 23 heavy (non-hydrogen) atoms. The van der Waals surface area contributed by atoms with E-state index in [9.17, 15) is 19.2 Å². The van der Waals surface area contributed by atoms with Gasteiger partial charge in [0.2, 0.25) is 0 Å². The van der Waals surface area contributed by atoms with Gasteiger partial charge in [0.05, 0.1) is 28.4 Å². The molecule has 0 atom stereocenters. The smallest absolute Gasteiger partial charge is 0.333 e. The molecule has 0 amide bonds. The molecule has 128 valence electrons. The first kappa shape index (κ1) is 20.4. The number of hydrogen-bond acceptors (Lipinski definition) is 8. The third-order valence-electron chi connectivity index (χ3n) is 3.13. The van der Waals surface area contributed by atoms with Gasteiger partial charge in [-0.05, 0) is 0 Å². The number of ether oxygens (including phenoxy) is 4. The van der Waals surface area contributed by atoms with E-state index in [1.165, 1.54) is 0 Å². The zero-order chi connectivity index (χ0) is 18.2. The van der Waals surface area contributed by atoms with Crippen LogP contribution >= 0.6 is 0 Å². The van der Waals surface area contributed by atoms with Gasteiger partial charge in [-0.25, -0.2) is 9.59 Å². The van der Waals surface area contributed by atoms with Crippen LogP contribution in [0.2, 0.25) is 0 Å². The molecule has 8 nitrogen and oxygen atoms in total. The summed E-state index contributed by atoms with van der Waals surface area (Å²) in [5, 5.41) is 0. The van der Waals surface area contributed by atoms with Crippen LogP contribution in [0.15, 0.2) is 24.3 Å². The van der Waals surface area contributed by atoms with E-state index in [0.717, 1.165) is 28.4 Å². The molecule has 0 spiro atoms. The lowest BCUT2D eigenvalue weighted by Crippen LogP contribution is -2.43. The summed E-state index contributed by atoms with van der Waals surface area (Å²) < 4.78 is 18.3. The number of carbonyl (C=O) groups is 4. The highest BCUT2D eigenvalue weighted by Gasteiger charge is 2.50. The summed E-state index contributed by atoms with van der Waals surface area (Å²) in [7, 11) is 4.36. The monoisotopic (exact) mass is 328 g/mol. The Bertz CT molecular complexity index is 484. The number of methoxy groups -OCH3 is 4. The highest BCUT2D eigenvalue weighted by Crippen LogP contribution is 2.36. The van der Waals surface area contributed by atoms with Crippen LogP contribution < -0.4 is 0 Å². The van der Waals surface area contributed by atoms with E-state index in [0.29, 0.717) is 0 Å². The van der Waals surface area contributed by atoms with Crippen molar-refractivity contribution in [1.82, 2.24) is 0 Å². The van der Waals surface area contributed by atoms with Crippen molar-refractivity contribution < 1.29 is 38.1 Å². The Kier molecular flexibility index (Phi) is 7.72. The van der Waals surface area contributed by atoms with Gasteiger partial charge in [0.25, 0.3) is 0 Å². The number of carbonyl (C=O) groups excluding carboxylic acids is 4. The zero-order valence-electron chi connectivity index (χ0n) is 13.6. The predicted molar refractivity (Wildman–Crippen MR) is 78.0 cm³/mol. The molecule has 0 N–H and O–H groups in total. The van der Waals surface area contributed by atoms with E-state index in [1.54, 1.807) is 0 Å². The Morgan fingerprint density at radius 2 is 1.00 bits per heavy atom. The standard InChI is InChI=1S/C15H20O8/c1-9(11(16)20-3)7-15(13(18)22-5,14(19)23-6)8-10(2)12(17)21-4/h1-2,7-8H2,3-6H3. The van der Waals surface area contributed by atoms with E-state index in [4.69, 9.17) is 0 Å². The molecule has 0 aliphatic carbocycles. The molecule has 0 unspecified atom stereocenters. The van der Waals surface area contributed by atoms with Gasteiger partial charge in [-0.15, -0.1) is 0 Å². The summed E-state index contributed by atoms with van der Waals surface area (Å²) in [5.74, 6) is -3.63. The summed E-state index contributed by atoms with van der Waals surface area (Å²) >= 11 is 0. The van der Waals surface area contributed by atoms with Gasteiger partial charge in [0, 0.05) is 24.0 Å². The fourth-order valence-corrected chi connectivity index (χ4v) is 1.99. The van der Waals surface area contributed by atoms with Crippen molar-refractivity contribution in [2.45, 2.75) is 12.8 Å². The molecule has 0 heterocycles. The fourth-order valence-electron chi connectivity index (χ4n) is 1.99. The van der Waals surface area contributed by atoms with Crippen LogP contribution in [0.4, 0.5) is 0 Å². The molecule has 8 heteroatoms. The lowest BCUT2D eigenvalue weighted by atomic mass is 9.76. The van der Waals surface area contributed by atoms with Crippen molar-refractivity contribution in [3.8, 4) is 0 Å². The molecule has 0 bridgehead atoms. The van der Waals surface area contributed by atoms with Crippen molar-refractivity contribution in [2.24, 2.45) is 5.41 Å². The minimum absolute atomic E-state index is 0.166. The minimum atomic E-state index is -2.00. The van der Waals surface area contributed by atoms with E-state index in [-0.39, 0.29) is 11.1 Å². The molecule has 0 aliphatic rings. The molecule has 0 aromatic heterocycles. The molecule has 0 aromatic rings. The molecular weight excluding hydrogens is 308 g/mol. The fraction of sp³-hybridized carbons (Fsp3) is 0.467. The van der Waals surface area contributed by atoms with Crippen LogP contribution in [0.3, 0.4) is 0 Å². The van der Waals surface area contributed by atoms with E-state index < -0.39 is 42.1 Å². The largest absolute Gasteiger partial charge is 0.468 e. The Morgan fingerprint density at radius 3 is 1.22 bits per heavy atom. The average Bonchev–Trinajstić information content (AvgIpc) is 2.57. The first-order valence-corrected chi connectivity index (χ1v) is 6.39. The highest BCUT2D eigenvalue weighted by molar-refractivity contribution is 6.03. The van der Waals surface area contributed by atoms with E-state index in [1.807, 2.05) is 0 Å². The predicted octanol–water partition coefficient (Wildman–Crippen LogP) is 0.557. The average molecular weight is 328 g/mol. The first-order chi connectivity index (χ1) is 10.7. The molecule has 0 radical (unpaired) electrons. The second kappa shape index (κ2) is 8.72. The second-order valence-corrected chi connectivity index (χ2v) is 4.61. The Morgan fingerprint density at radius 1 is 0.696 bits per heavy atom. The zero-order valence-corrected chi connectivity index (χ0v) is 13.6. The Hall–Kier alpha value is -2.64. The van der Waals surface area contributed by atoms with Crippen molar-refractivity contribution in [3.05, 3.63) is 24.3 Å². The topological polar surface area (TPSA) is 105 Å². The number of hydrogen-bond donors (Lipinski definition) is 0. The van der Waals surface area contributed by atoms with E-state index >= 15 is 0 Å². The maximum absolute atomic E-state index is 12.2. The quantitative estimate of drug-likeness (QED) is 0.275. The van der Waals surface area contributed by atoms with Crippen LogP contribution in [-0.4, -0.2) is 52.3 Å². The summed E-state index contributed by atoms with van der Waals surface area (Å²) in [6.45, 7) is 6.96. The van der Waals surface area contributed by atoms with Gasteiger partial charge in [-0.3, -0.25) is 9.59 Å². The molecule has 0 rings (SSSR count). The highest BCUT2D eigenvalue weighted by atomic mass is 16.5.